The first kappa shape index (κ1) is 6.86. The van der Waals surface area contributed by atoms with E-state index < -0.39 is 0 Å². The molecule has 0 saturated carbocycles. The van der Waals surface area contributed by atoms with E-state index in [0.717, 1.165) is 0 Å². The molecule has 1 aromatic rings. The normalized spacial score (nSPS) is 10.1. The molecule has 0 atom stereocenters. The van der Waals surface area contributed by atoms with Crippen LogP contribution < -0.4 is 0 Å². The summed E-state index contributed by atoms with van der Waals surface area (Å²) in [5.41, 5.74) is 0.446. The Hall–Kier alpha value is -0.250. The fourth-order valence-corrected chi connectivity index (χ4v) is 0.896. The summed E-state index contributed by atoms with van der Waals surface area (Å²) in [6.45, 7) is -0.168. The van der Waals surface area contributed by atoms with Gasteiger partial charge in [0.05, 0.1) is 12.3 Å². The number of rotatable bonds is 1. The number of imidazole rings is 1. The zero-order valence-electron chi connectivity index (χ0n) is 4.36. The minimum atomic E-state index is -0.168. The van der Waals surface area contributed by atoms with Gasteiger partial charge >= 0.3 is 0 Å². The van der Waals surface area contributed by atoms with Crippen LogP contribution in [0.25, 0.3) is 0 Å². The molecule has 9 heavy (non-hydrogen) atoms. The second kappa shape index (κ2) is 2.56. The number of nitrogens with one attached hydrogen (secondary N) is 1. The van der Waals surface area contributed by atoms with Gasteiger partial charge in [0.1, 0.15) is 0 Å². The van der Waals surface area contributed by atoms with E-state index >= 15 is 0 Å². The fraction of sp³-hybridized carbons (Fsp3) is 0.250. The van der Waals surface area contributed by atoms with Gasteiger partial charge in [0.2, 0.25) is 5.28 Å². The molecule has 3 nitrogen and oxygen atoms in total. The predicted molar refractivity (Wildman–Crippen MR) is 34.5 cm³/mol. The number of H-pyrrole nitrogens is 1. The van der Waals surface area contributed by atoms with E-state index in [2.05, 4.69) is 9.97 Å². The van der Waals surface area contributed by atoms with Crippen molar-refractivity contribution in [3.63, 3.8) is 0 Å². The topological polar surface area (TPSA) is 48.9 Å². The summed E-state index contributed by atoms with van der Waals surface area (Å²) < 4.78 is 0. The summed E-state index contributed by atoms with van der Waals surface area (Å²) >= 11 is 10.8. The van der Waals surface area contributed by atoms with E-state index in [1.165, 1.54) is 0 Å². The summed E-state index contributed by atoms with van der Waals surface area (Å²) in [7, 11) is 0. The summed E-state index contributed by atoms with van der Waals surface area (Å²) in [6, 6.07) is 0. The lowest BCUT2D eigenvalue weighted by atomic mass is 10.5. The maximum atomic E-state index is 8.52. The molecule has 0 aliphatic rings. The average molecular weight is 167 g/mol. The Morgan fingerprint density at radius 3 is 2.44 bits per heavy atom. The highest BCUT2D eigenvalue weighted by molar-refractivity contribution is 6.32. The van der Waals surface area contributed by atoms with E-state index in [-0.39, 0.29) is 17.0 Å². The van der Waals surface area contributed by atoms with Crippen LogP contribution in [0, 0.1) is 0 Å². The third-order valence-corrected chi connectivity index (χ3v) is 1.35. The fourth-order valence-electron chi connectivity index (χ4n) is 0.462. The Balaban J connectivity index is 3.01. The Labute approximate surface area is 61.6 Å². The van der Waals surface area contributed by atoms with Gasteiger partial charge in [-0.2, -0.15) is 0 Å². The molecular weight excluding hydrogens is 163 g/mol. The van der Waals surface area contributed by atoms with E-state index in [4.69, 9.17) is 28.3 Å². The van der Waals surface area contributed by atoms with Crippen LogP contribution in [0.2, 0.25) is 10.4 Å². The van der Waals surface area contributed by atoms with Gasteiger partial charge in [-0.15, -0.1) is 0 Å². The standard InChI is InChI=1S/C4H4Cl2N2O/c5-3-2(1-9)7-4(6)8-3/h9H,1H2,(H,7,8). The molecule has 0 aliphatic heterocycles. The molecular formula is C4H4Cl2N2O. The zero-order valence-corrected chi connectivity index (χ0v) is 5.87. The van der Waals surface area contributed by atoms with Gasteiger partial charge in [-0.05, 0) is 11.6 Å². The molecule has 5 heteroatoms. The van der Waals surface area contributed by atoms with Crippen LogP contribution in [-0.4, -0.2) is 15.1 Å². The van der Waals surface area contributed by atoms with E-state index in [1.807, 2.05) is 0 Å². The smallest absolute Gasteiger partial charge is 0.201 e. The number of halogens is 2. The van der Waals surface area contributed by atoms with Crippen molar-refractivity contribution < 1.29 is 5.11 Å². The lowest BCUT2D eigenvalue weighted by Crippen LogP contribution is -1.81. The van der Waals surface area contributed by atoms with Crippen LogP contribution in [0.1, 0.15) is 5.69 Å². The molecule has 0 fully saturated rings. The van der Waals surface area contributed by atoms with Crippen LogP contribution in [0.5, 0.6) is 0 Å². The average Bonchev–Trinajstić information content (AvgIpc) is 2.10. The number of aliphatic hydroxyl groups excluding tert-OH is 1. The van der Waals surface area contributed by atoms with Crippen molar-refractivity contribution in [1.29, 1.82) is 0 Å². The first-order chi connectivity index (χ1) is 4.24. The molecule has 50 valence electrons. The van der Waals surface area contributed by atoms with Crippen molar-refractivity contribution in [3.05, 3.63) is 16.1 Å². The molecule has 0 radical (unpaired) electrons. The van der Waals surface area contributed by atoms with Crippen LogP contribution in [-0.2, 0) is 6.61 Å². The molecule has 0 saturated heterocycles. The highest BCUT2D eigenvalue weighted by atomic mass is 35.5. The number of aromatic nitrogens is 2. The molecule has 0 bridgehead atoms. The Morgan fingerprint density at radius 2 is 2.22 bits per heavy atom. The predicted octanol–water partition coefficient (Wildman–Crippen LogP) is 1.21. The Morgan fingerprint density at radius 1 is 1.56 bits per heavy atom. The van der Waals surface area contributed by atoms with Gasteiger partial charge in [0.25, 0.3) is 0 Å². The van der Waals surface area contributed by atoms with Crippen molar-refractivity contribution >= 4 is 23.2 Å². The lowest BCUT2D eigenvalue weighted by molar-refractivity contribution is 0.277. The molecule has 1 heterocycles. The van der Waals surface area contributed by atoms with Gasteiger partial charge in [-0.1, -0.05) is 11.6 Å². The molecule has 0 unspecified atom stereocenters. The molecule has 1 rings (SSSR count). The quantitative estimate of drug-likeness (QED) is 0.660. The summed E-state index contributed by atoms with van der Waals surface area (Å²) in [5.74, 6) is 0. The maximum Gasteiger partial charge on any atom is 0.201 e. The molecule has 0 spiro atoms. The third-order valence-electron chi connectivity index (χ3n) is 0.857. The number of nitrogens with zero attached hydrogens (tertiary/aromatic N) is 1. The van der Waals surface area contributed by atoms with Gasteiger partial charge in [-0.3, -0.25) is 0 Å². The molecule has 0 aliphatic carbocycles. The van der Waals surface area contributed by atoms with Crippen molar-refractivity contribution in [1.82, 2.24) is 9.97 Å². The van der Waals surface area contributed by atoms with Crippen molar-refractivity contribution in [2.75, 3.05) is 0 Å². The van der Waals surface area contributed by atoms with E-state index in [0.29, 0.717) is 5.69 Å². The van der Waals surface area contributed by atoms with Crippen LogP contribution in [0.3, 0.4) is 0 Å². The minimum Gasteiger partial charge on any atom is -0.390 e. The van der Waals surface area contributed by atoms with Gasteiger partial charge in [0.15, 0.2) is 5.15 Å². The van der Waals surface area contributed by atoms with Crippen molar-refractivity contribution in [2.45, 2.75) is 6.61 Å². The second-order valence-electron chi connectivity index (χ2n) is 1.46. The number of hydrogen-bond donors (Lipinski definition) is 2. The Kier molecular flexibility index (Phi) is 1.95. The maximum absolute atomic E-state index is 8.52. The monoisotopic (exact) mass is 166 g/mol. The molecule has 1 aromatic heterocycles. The number of hydrogen-bond acceptors (Lipinski definition) is 2. The largest absolute Gasteiger partial charge is 0.390 e. The van der Waals surface area contributed by atoms with Crippen LogP contribution in [0.15, 0.2) is 0 Å². The first-order valence-electron chi connectivity index (χ1n) is 2.24. The summed E-state index contributed by atoms with van der Waals surface area (Å²) in [5, 5.41) is 8.94. The Bertz CT molecular complexity index is 210. The van der Waals surface area contributed by atoms with Crippen molar-refractivity contribution in [2.24, 2.45) is 0 Å². The molecule has 0 aromatic carbocycles. The van der Waals surface area contributed by atoms with Gasteiger partial charge < -0.3 is 10.1 Å². The van der Waals surface area contributed by atoms with Gasteiger partial charge in [0, 0.05) is 0 Å². The SMILES string of the molecule is OCc1[nH]c(Cl)nc1Cl. The highest BCUT2D eigenvalue weighted by Crippen LogP contribution is 2.14. The third kappa shape index (κ3) is 1.36. The summed E-state index contributed by atoms with van der Waals surface area (Å²) in [6.07, 6.45) is 0. The van der Waals surface area contributed by atoms with E-state index in [9.17, 15) is 0 Å². The zero-order chi connectivity index (χ0) is 6.85. The highest BCUT2D eigenvalue weighted by Gasteiger charge is 2.03. The van der Waals surface area contributed by atoms with E-state index in [1.54, 1.807) is 0 Å². The second-order valence-corrected chi connectivity index (χ2v) is 2.17. The lowest BCUT2D eigenvalue weighted by Gasteiger charge is -1.84. The molecule has 2 N–H and O–H groups in total. The van der Waals surface area contributed by atoms with Gasteiger partial charge in [-0.25, -0.2) is 4.98 Å². The molecule has 0 amide bonds. The summed E-state index contributed by atoms with van der Waals surface area (Å²) in [4.78, 5) is 6.16. The number of aromatic amines is 1. The van der Waals surface area contributed by atoms with Crippen LogP contribution in [0.4, 0.5) is 0 Å². The van der Waals surface area contributed by atoms with Crippen molar-refractivity contribution in [3.8, 4) is 0 Å². The number of aliphatic hydroxyl groups is 1. The van der Waals surface area contributed by atoms with Crippen LogP contribution >= 0.6 is 23.2 Å². The first-order valence-corrected chi connectivity index (χ1v) is 3.00. The minimum absolute atomic E-state index is 0.168.